The van der Waals surface area contributed by atoms with Crippen LogP contribution in [0.4, 0.5) is 0 Å². The van der Waals surface area contributed by atoms with Crippen molar-refractivity contribution in [1.82, 2.24) is 0 Å². The van der Waals surface area contributed by atoms with E-state index < -0.39 is 5.97 Å². The van der Waals surface area contributed by atoms with Crippen molar-refractivity contribution in [1.29, 1.82) is 0 Å². The van der Waals surface area contributed by atoms with E-state index in [1.807, 2.05) is 6.92 Å². The molecule has 0 aliphatic rings. The zero-order valence-electron chi connectivity index (χ0n) is 16.2. The molecule has 6 heteroatoms. The van der Waals surface area contributed by atoms with E-state index in [0.29, 0.717) is 29.0 Å². The number of ether oxygens (including phenoxy) is 3. The topological polar surface area (TPSA) is 75.0 Å². The number of methoxy groups -OCH3 is 1. The van der Waals surface area contributed by atoms with Crippen molar-refractivity contribution < 1.29 is 28.2 Å². The van der Waals surface area contributed by atoms with Crippen LogP contribution in [0.25, 0.3) is 0 Å². The Morgan fingerprint density at radius 3 is 2.32 bits per heavy atom. The van der Waals surface area contributed by atoms with Crippen molar-refractivity contribution in [2.24, 2.45) is 0 Å². The second kappa shape index (κ2) is 10.2. The third kappa shape index (κ3) is 4.71. The van der Waals surface area contributed by atoms with E-state index in [1.165, 1.54) is 19.6 Å². The first-order valence-corrected chi connectivity index (χ1v) is 8.87. The summed E-state index contributed by atoms with van der Waals surface area (Å²) in [6, 6.07) is 3.23. The van der Waals surface area contributed by atoms with Crippen molar-refractivity contribution in [3.63, 3.8) is 0 Å². The zero-order chi connectivity index (χ0) is 20.5. The van der Waals surface area contributed by atoms with E-state index >= 15 is 0 Å². The van der Waals surface area contributed by atoms with Gasteiger partial charge >= 0.3 is 5.97 Å². The Kier molecular flexibility index (Phi) is 7.63. The van der Waals surface area contributed by atoms with E-state index in [9.17, 15) is 9.59 Å². The molecule has 148 valence electrons. The summed E-state index contributed by atoms with van der Waals surface area (Å²) in [6.07, 6.45) is 6.42. The van der Waals surface area contributed by atoms with Crippen LogP contribution < -0.4 is 9.47 Å². The number of carbonyl (C=O) groups is 2. The van der Waals surface area contributed by atoms with Gasteiger partial charge in [0.25, 0.3) is 0 Å². The molecule has 0 saturated heterocycles. The minimum atomic E-state index is -0.466. The summed E-state index contributed by atoms with van der Waals surface area (Å²) in [5.74, 6) is 0.0635. The average Bonchev–Trinajstić information content (AvgIpc) is 3.24. The highest BCUT2D eigenvalue weighted by atomic mass is 16.5. The highest BCUT2D eigenvalue weighted by molar-refractivity contribution is 6.12. The predicted molar refractivity (Wildman–Crippen MR) is 105 cm³/mol. The van der Waals surface area contributed by atoms with Crippen LogP contribution in [0.2, 0.25) is 0 Å². The van der Waals surface area contributed by atoms with Gasteiger partial charge in [0, 0.05) is 6.07 Å². The molecule has 0 fully saturated rings. The van der Waals surface area contributed by atoms with Crippen molar-refractivity contribution in [3.8, 4) is 11.5 Å². The van der Waals surface area contributed by atoms with Gasteiger partial charge in [0.1, 0.15) is 31.0 Å². The van der Waals surface area contributed by atoms with E-state index in [2.05, 4.69) is 13.2 Å². The minimum Gasteiger partial charge on any atom is -0.489 e. The van der Waals surface area contributed by atoms with Gasteiger partial charge in [0.05, 0.1) is 30.9 Å². The molecule has 0 unspecified atom stereocenters. The van der Waals surface area contributed by atoms with Gasteiger partial charge in [-0.15, -0.1) is 0 Å². The molecule has 0 atom stereocenters. The zero-order valence-corrected chi connectivity index (χ0v) is 16.2. The molecule has 0 bridgehead atoms. The lowest BCUT2D eigenvalue weighted by atomic mass is 9.90. The molecule has 0 amide bonds. The molecular formula is C22H24O6. The van der Waals surface area contributed by atoms with Crippen LogP contribution in [0.3, 0.4) is 0 Å². The molecule has 1 aromatic heterocycles. The molecule has 6 nitrogen and oxygen atoms in total. The van der Waals surface area contributed by atoms with Gasteiger partial charge in [-0.2, -0.15) is 0 Å². The van der Waals surface area contributed by atoms with E-state index in [4.69, 9.17) is 18.6 Å². The lowest BCUT2D eigenvalue weighted by Gasteiger charge is -2.20. The van der Waals surface area contributed by atoms with Gasteiger partial charge in [-0.05, 0) is 23.6 Å². The molecular weight excluding hydrogens is 360 g/mol. The number of esters is 1. The van der Waals surface area contributed by atoms with Crippen LogP contribution in [-0.4, -0.2) is 32.1 Å². The predicted octanol–water partition coefficient (Wildman–Crippen LogP) is 3.92. The number of ketones is 1. The number of hydrogen-bond donors (Lipinski definition) is 0. The summed E-state index contributed by atoms with van der Waals surface area (Å²) >= 11 is 0. The smallest absolute Gasteiger partial charge is 0.310 e. The van der Waals surface area contributed by atoms with Crippen LogP contribution in [0.15, 0.2) is 54.4 Å². The van der Waals surface area contributed by atoms with Crippen molar-refractivity contribution in [2.75, 3.05) is 20.3 Å². The summed E-state index contributed by atoms with van der Waals surface area (Å²) in [6.45, 7) is 9.70. The van der Waals surface area contributed by atoms with Gasteiger partial charge in [-0.1, -0.05) is 32.2 Å². The number of furan rings is 1. The molecule has 28 heavy (non-hydrogen) atoms. The van der Waals surface area contributed by atoms with Crippen LogP contribution in [0.1, 0.15) is 34.0 Å². The fraction of sp³-hybridized carbons (Fsp3) is 0.273. The maximum Gasteiger partial charge on any atom is 0.310 e. The molecule has 0 radical (unpaired) electrons. The number of hydrogen-bond acceptors (Lipinski definition) is 6. The first kappa shape index (κ1) is 21.0. The standard InChI is InChI=1S/C22H24O6/c1-5-9-27-18-13-19(28-10-6-2)21(22(24)15-8-11-26-14-15)17(16(18)7-3)12-20(23)25-4/h5-6,8,11,13-14H,1-2,7,9-10,12H2,3-4H3. The lowest BCUT2D eigenvalue weighted by molar-refractivity contribution is -0.139. The highest BCUT2D eigenvalue weighted by Gasteiger charge is 2.27. The van der Waals surface area contributed by atoms with Gasteiger partial charge in [0.2, 0.25) is 0 Å². The minimum absolute atomic E-state index is 0.0890. The summed E-state index contributed by atoms with van der Waals surface area (Å²) in [4.78, 5) is 25.3. The summed E-state index contributed by atoms with van der Waals surface area (Å²) in [7, 11) is 1.30. The largest absolute Gasteiger partial charge is 0.489 e. The van der Waals surface area contributed by atoms with Crippen LogP contribution in [-0.2, 0) is 22.4 Å². The fourth-order valence-corrected chi connectivity index (χ4v) is 2.85. The summed E-state index contributed by atoms with van der Waals surface area (Å²) in [5.41, 5.74) is 1.90. The van der Waals surface area contributed by atoms with Gasteiger partial charge in [-0.25, -0.2) is 0 Å². The molecule has 0 N–H and O–H groups in total. The average molecular weight is 384 g/mol. The molecule has 1 heterocycles. The lowest BCUT2D eigenvalue weighted by Crippen LogP contribution is -2.16. The summed E-state index contributed by atoms with van der Waals surface area (Å²) < 4.78 is 21.4. The van der Waals surface area contributed by atoms with Crippen molar-refractivity contribution >= 4 is 11.8 Å². The fourth-order valence-electron chi connectivity index (χ4n) is 2.85. The molecule has 0 saturated carbocycles. The number of rotatable bonds is 11. The summed E-state index contributed by atoms with van der Waals surface area (Å²) in [5, 5.41) is 0. The maximum atomic E-state index is 13.2. The van der Waals surface area contributed by atoms with E-state index in [1.54, 1.807) is 24.3 Å². The first-order chi connectivity index (χ1) is 13.6. The molecule has 0 aliphatic carbocycles. The van der Waals surface area contributed by atoms with Crippen LogP contribution in [0, 0.1) is 0 Å². The Balaban J connectivity index is 2.74. The third-order valence-corrected chi connectivity index (χ3v) is 4.10. The van der Waals surface area contributed by atoms with E-state index in [0.717, 1.165) is 5.56 Å². The van der Waals surface area contributed by atoms with E-state index in [-0.39, 0.29) is 31.0 Å². The number of benzene rings is 1. The molecule has 1 aromatic carbocycles. The first-order valence-electron chi connectivity index (χ1n) is 8.87. The van der Waals surface area contributed by atoms with Crippen molar-refractivity contribution in [2.45, 2.75) is 19.8 Å². The quantitative estimate of drug-likeness (QED) is 0.332. The van der Waals surface area contributed by atoms with Crippen molar-refractivity contribution in [3.05, 3.63) is 72.2 Å². The Labute approximate surface area is 164 Å². The Morgan fingerprint density at radius 2 is 1.79 bits per heavy atom. The Hall–Kier alpha value is -3.28. The Morgan fingerprint density at radius 1 is 1.11 bits per heavy atom. The maximum absolute atomic E-state index is 13.2. The van der Waals surface area contributed by atoms with Gasteiger partial charge in [-0.3, -0.25) is 9.59 Å². The van der Waals surface area contributed by atoms with Crippen LogP contribution >= 0.6 is 0 Å². The molecule has 0 aliphatic heterocycles. The number of carbonyl (C=O) groups excluding carboxylic acids is 2. The third-order valence-electron chi connectivity index (χ3n) is 4.10. The molecule has 0 spiro atoms. The molecule has 2 rings (SSSR count). The van der Waals surface area contributed by atoms with Crippen LogP contribution in [0.5, 0.6) is 11.5 Å². The molecule has 2 aromatic rings. The second-order valence-corrected chi connectivity index (χ2v) is 5.85. The highest BCUT2D eigenvalue weighted by Crippen LogP contribution is 2.36. The second-order valence-electron chi connectivity index (χ2n) is 5.85. The monoisotopic (exact) mass is 384 g/mol. The van der Waals surface area contributed by atoms with Gasteiger partial charge in [0.15, 0.2) is 5.78 Å². The normalized spacial score (nSPS) is 10.2. The Bertz CT molecular complexity index is 848. The van der Waals surface area contributed by atoms with Gasteiger partial charge < -0.3 is 18.6 Å². The SMILES string of the molecule is C=CCOc1cc(OCC=C)c(C(=O)c2ccoc2)c(CC(=O)OC)c1CC.